The van der Waals surface area contributed by atoms with Crippen LogP contribution in [0.2, 0.25) is 5.02 Å². The quantitative estimate of drug-likeness (QED) is 0.482. The van der Waals surface area contributed by atoms with E-state index in [-0.39, 0.29) is 5.91 Å². The first-order chi connectivity index (χ1) is 13.5. The summed E-state index contributed by atoms with van der Waals surface area (Å²) in [5, 5.41) is 1.38. The normalized spacial score (nSPS) is 11.2. The average molecular weight is 436 g/mol. The molecule has 0 N–H and O–H groups in total. The standard InChI is InChI=1S/C20H22ClN3O2S2/c1-23(2)11-12-24(18(25)13-27-15-9-7-14(21)8-10-15)20-22-19-16(26-3)5-4-6-17(19)28-20/h4-10H,11-13H2,1-3H3. The average Bonchev–Trinajstić information content (AvgIpc) is 3.11. The van der Waals surface area contributed by atoms with Crippen LogP contribution in [0.5, 0.6) is 5.75 Å². The van der Waals surface area contributed by atoms with Crippen LogP contribution < -0.4 is 9.64 Å². The maximum Gasteiger partial charge on any atom is 0.239 e. The van der Waals surface area contributed by atoms with Gasteiger partial charge in [-0.3, -0.25) is 9.69 Å². The van der Waals surface area contributed by atoms with Gasteiger partial charge in [-0.15, -0.1) is 11.8 Å². The molecule has 0 saturated carbocycles. The molecule has 0 radical (unpaired) electrons. The van der Waals surface area contributed by atoms with Crippen molar-refractivity contribution in [2.24, 2.45) is 0 Å². The van der Waals surface area contributed by atoms with Gasteiger partial charge in [-0.2, -0.15) is 0 Å². The third-order valence-electron chi connectivity index (χ3n) is 4.07. The van der Waals surface area contributed by atoms with Gasteiger partial charge in [0.2, 0.25) is 5.91 Å². The fourth-order valence-electron chi connectivity index (χ4n) is 2.57. The summed E-state index contributed by atoms with van der Waals surface area (Å²) in [4.78, 5) is 22.6. The number of fused-ring (bicyclic) bond motifs is 1. The Morgan fingerprint density at radius 3 is 2.61 bits per heavy atom. The molecule has 0 aliphatic heterocycles. The van der Waals surface area contributed by atoms with E-state index in [1.54, 1.807) is 12.0 Å². The number of carbonyl (C=O) groups excluding carboxylic acids is 1. The fraction of sp³-hybridized carbons (Fsp3) is 0.300. The molecule has 0 unspecified atom stereocenters. The summed E-state index contributed by atoms with van der Waals surface area (Å²) in [6.07, 6.45) is 0. The van der Waals surface area contributed by atoms with E-state index >= 15 is 0 Å². The highest BCUT2D eigenvalue weighted by Gasteiger charge is 2.21. The van der Waals surface area contributed by atoms with Crippen molar-refractivity contribution in [3.8, 4) is 5.75 Å². The second kappa shape index (κ2) is 9.60. The van der Waals surface area contributed by atoms with E-state index < -0.39 is 0 Å². The maximum absolute atomic E-state index is 13.0. The van der Waals surface area contributed by atoms with Crippen LogP contribution >= 0.6 is 34.7 Å². The molecule has 1 amide bonds. The number of likely N-dealkylation sites (N-methyl/N-ethyl adjacent to an activating group) is 1. The Morgan fingerprint density at radius 1 is 1.18 bits per heavy atom. The Morgan fingerprint density at radius 2 is 1.93 bits per heavy atom. The van der Waals surface area contributed by atoms with E-state index in [4.69, 9.17) is 21.3 Å². The van der Waals surface area contributed by atoms with Crippen molar-refractivity contribution in [1.29, 1.82) is 0 Å². The van der Waals surface area contributed by atoms with Crippen LogP contribution in [0.3, 0.4) is 0 Å². The zero-order valence-electron chi connectivity index (χ0n) is 16.0. The van der Waals surface area contributed by atoms with Gasteiger partial charge in [0.15, 0.2) is 5.13 Å². The summed E-state index contributed by atoms with van der Waals surface area (Å²) >= 11 is 8.94. The molecule has 0 aliphatic carbocycles. The lowest BCUT2D eigenvalue weighted by Crippen LogP contribution is -2.37. The number of anilines is 1. The Labute approximate surface area is 178 Å². The lowest BCUT2D eigenvalue weighted by atomic mass is 10.3. The molecule has 0 bridgehead atoms. The SMILES string of the molecule is COc1cccc2sc(N(CCN(C)C)C(=O)CSc3ccc(Cl)cc3)nc12. The largest absolute Gasteiger partial charge is 0.494 e. The van der Waals surface area contributed by atoms with Gasteiger partial charge in [0.05, 0.1) is 17.6 Å². The van der Waals surface area contributed by atoms with Gasteiger partial charge in [0.25, 0.3) is 0 Å². The number of hydrogen-bond donors (Lipinski definition) is 0. The molecule has 3 aromatic rings. The van der Waals surface area contributed by atoms with E-state index in [1.165, 1.54) is 23.1 Å². The number of amides is 1. The van der Waals surface area contributed by atoms with Crippen LogP contribution in [0, 0.1) is 0 Å². The molecule has 3 rings (SSSR count). The third kappa shape index (κ3) is 5.17. The van der Waals surface area contributed by atoms with E-state index in [1.807, 2.05) is 56.6 Å². The topological polar surface area (TPSA) is 45.7 Å². The number of carbonyl (C=O) groups is 1. The van der Waals surface area contributed by atoms with Gasteiger partial charge >= 0.3 is 0 Å². The molecule has 2 aromatic carbocycles. The highest BCUT2D eigenvalue weighted by atomic mass is 35.5. The van der Waals surface area contributed by atoms with Gasteiger partial charge in [0.1, 0.15) is 11.3 Å². The number of thioether (sulfide) groups is 1. The number of thiazole rings is 1. The first kappa shape index (κ1) is 20.9. The number of nitrogens with zero attached hydrogens (tertiary/aromatic N) is 3. The van der Waals surface area contributed by atoms with Crippen LogP contribution in [0.15, 0.2) is 47.4 Å². The molecule has 148 valence electrons. The van der Waals surface area contributed by atoms with Crippen molar-refractivity contribution >= 4 is 56.0 Å². The first-order valence-electron chi connectivity index (χ1n) is 8.75. The lowest BCUT2D eigenvalue weighted by molar-refractivity contribution is -0.116. The number of rotatable bonds is 8. The molecule has 5 nitrogen and oxygen atoms in total. The summed E-state index contributed by atoms with van der Waals surface area (Å²) in [7, 11) is 5.62. The molecule has 8 heteroatoms. The Balaban J connectivity index is 1.81. The minimum atomic E-state index is 0.0276. The van der Waals surface area contributed by atoms with Crippen molar-refractivity contribution in [1.82, 2.24) is 9.88 Å². The van der Waals surface area contributed by atoms with E-state index in [0.29, 0.717) is 22.5 Å². The van der Waals surface area contributed by atoms with Crippen LogP contribution in [-0.4, -0.2) is 55.8 Å². The molecular weight excluding hydrogens is 414 g/mol. The zero-order valence-corrected chi connectivity index (χ0v) is 18.4. The maximum atomic E-state index is 13.0. The number of methoxy groups -OCH3 is 1. The van der Waals surface area contributed by atoms with Crippen LogP contribution in [-0.2, 0) is 4.79 Å². The van der Waals surface area contributed by atoms with Crippen molar-refractivity contribution in [2.45, 2.75) is 4.90 Å². The van der Waals surface area contributed by atoms with Crippen LogP contribution in [0.4, 0.5) is 5.13 Å². The van der Waals surface area contributed by atoms with Crippen LogP contribution in [0.25, 0.3) is 10.2 Å². The second-order valence-corrected chi connectivity index (χ2v) is 8.89. The highest BCUT2D eigenvalue weighted by Crippen LogP contribution is 2.34. The van der Waals surface area contributed by atoms with Crippen LogP contribution in [0.1, 0.15) is 0 Å². The smallest absolute Gasteiger partial charge is 0.239 e. The van der Waals surface area contributed by atoms with Gasteiger partial charge < -0.3 is 9.64 Å². The Hall–Kier alpha value is -1.80. The third-order valence-corrected chi connectivity index (χ3v) is 6.36. The lowest BCUT2D eigenvalue weighted by Gasteiger charge is -2.21. The van der Waals surface area contributed by atoms with Gasteiger partial charge in [-0.1, -0.05) is 29.0 Å². The van der Waals surface area contributed by atoms with E-state index in [9.17, 15) is 4.79 Å². The Kier molecular flexibility index (Phi) is 7.18. The van der Waals surface area contributed by atoms with Gasteiger partial charge in [0, 0.05) is 23.0 Å². The Bertz CT molecular complexity index is 944. The minimum Gasteiger partial charge on any atom is -0.494 e. The number of hydrogen-bond acceptors (Lipinski definition) is 6. The van der Waals surface area contributed by atoms with E-state index in [0.717, 1.165) is 27.4 Å². The molecule has 1 heterocycles. The van der Waals surface area contributed by atoms with Crippen molar-refractivity contribution < 1.29 is 9.53 Å². The van der Waals surface area contributed by atoms with Gasteiger partial charge in [-0.05, 0) is 50.5 Å². The summed E-state index contributed by atoms with van der Waals surface area (Å²) in [5.41, 5.74) is 0.790. The molecule has 0 atom stereocenters. The fourth-order valence-corrected chi connectivity index (χ4v) is 4.50. The molecule has 0 saturated heterocycles. The number of aromatic nitrogens is 1. The minimum absolute atomic E-state index is 0.0276. The summed E-state index contributed by atoms with van der Waals surface area (Å²) in [6, 6.07) is 13.3. The summed E-state index contributed by atoms with van der Waals surface area (Å²) in [5.74, 6) is 1.08. The van der Waals surface area contributed by atoms with Gasteiger partial charge in [-0.25, -0.2) is 4.98 Å². The molecule has 0 spiro atoms. The monoisotopic (exact) mass is 435 g/mol. The number of halogens is 1. The molecule has 0 aliphatic rings. The van der Waals surface area contributed by atoms with Crippen molar-refractivity contribution in [3.05, 3.63) is 47.5 Å². The predicted molar refractivity (Wildman–Crippen MR) is 119 cm³/mol. The number of ether oxygens (including phenoxy) is 1. The predicted octanol–water partition coefficient (Wildman–Crippen LogP) is 4.65. The molecule has 28 heavy (non-hydrogen) atoms. The molecule has 1 aromatic heterocycles. The highest BCUT2D eigenvalue weighted by molar-refractivity contribution is 8.00. The number of para-hydroxylation sites is 1. The summed E-state index contributed by atoms with van der Waals surface area (Å²) in [6.45, 7) is 1.33. The second-order valence-electron chi connectivity index (χ2n) is 6.39. The van der Waals surface area contributed by atoms with Crippen molar-refractivity contribution in [3.63, 3.8) is 0 Å². The van der Waals surface area contributed by atoms with Crippen molar-refractivity contribution in [2.75, 3.05) is 44.9 Å². The number of benzene rings is 2. The zero-order chi connectivity index (χ0) is 20.1. The first-order valence-corrected chi connectivity index (χ1v) is 10.9. The summed E-state index contributed by atoms with van der Waals surface area (Å²) < 4.78 is 6.41. The van der Waals surface area contributed by atoms with E-state index in [2.05, 4.69) is 4.90 Å². The molecule has 0 fully saturated rings. The molecular formula is C20H22ClN3O2S2.